The highest BCUT2D eigenvalue weighted by Crippen LogP contribution is 2.29. The largest absolute Gasteiger partial charge is 0.396 e. The Hall–Kier alpha value is -1.99. The molecule has 2 bridgehead atoms. The molecular weight excluding hydrogens is 273 g/mol. The summed E-state index contributed by atoms with van der Waals surface area (Å²) in [5.74, 6) is 0.534. The van der Waals surface area contributed by atoms with Gasteiger partial charge in [0.2, 0.25) is 0 Å². The molecule has 4 heterocycles. The third-order valence-corrected chi connectivity index (χ3v) is 4.27. The van der Waals surface area contributed by atoms with Gasteiger partial charge in [0.05, 0.1) is 11.7 Å². The highest BCUT2D eigenvalue weighted by atomic mass is 19.1. The Kier molecular flexibility index (Phi) is 2.90. The van der Waals surface area contributed by atoms with Crippen LogP contribution < -0.4 is 5.73 Å². The summed E-state index contributed by atoms with van der Waals surface area (Å²) in [5, 5.41) is 4.08. The molecule has 21 heavy (non-hydrogen) atoms. The first-order valence-corrected chi connectivity index (χ1v) is 7.06. The van der Waals surface area contributed by atoms with E-state index < -0.39 is 5.82 Å². The molecule has 1 unspecified atom stereocenters. The van der Waals surface area contributed by atoms with Crippen molar-refractivity contribution < 1.29 is 8.91 Å². The van der Waals surface area contributed by atoms with Crippen molar-refractivity contribution in [2.24, 2.45) is 0 Å². The van der Waals surface area contributed by atoms with Crippen LogP contribution in [0.4, 0.5) is 10.1 Å². The lowest BCUT2D eigenvalue weighted by molar-refractivity contribution is 0.00781. The standard InChI is InChI=1S/C14H16FN5O/c15-10-7-9(1-2-11(10)16)14-17-13(18-21-14)12-8-19-3-5-20(12)6-4-19/h1-2,7,12H,3-6,8,16H2. The number of hydrogen-bond acceptors (Lipinski definition) is 6. The molecule has 3 aliphatic heterocycles. The lowest BCUT2D eigenvalue weighted by atomic mass is 10.1. The van der Waals surface area contributed by atoms with Gasteiger partial charge in [0.1, 0.15) is 5.82 Å². The van der Waals surface area contributed by atoms with E-state index in [-0.39, 0.29) is 11.7 Å². The molecule has 3 fully saturated rings. The van der Waals surface area contributed by atoms with Gasteiger partial charge in [-0.1, -0.05) is 5.16 Å². The Labute approximate surface area is 121 Å². The van der Waals surface area contributed by atoms with Crippen LogP contribution >= 0.6 is 0 Å². The van der Waals surface area contributed by atoms with Gasteiger partial charge in [0.15, 0.2) is 5.82 Å². The summed E-state index contributed by atoms with van der Waals surface area (Å²) in [6.45, 7) is 5.19. The fraction of sp³-hybridized carbons (Fsp3) is 0.429. The van der Waals surface area contributed by atoms with Gasteiger partial charge in [-0.05, 0) is 18.2 Å². The quantitative estimate of drug-likeness (QED) is 0.836. The summed E-state index contributed by atoms with van der Waals surface area (Å²) in [6, 6.07) is 4.69. The normalized spacial score (nSPS) is 28.0. The van der Waals surface area contributed by atoms with E-state index in [0.29, 0.717) is 17.3 Å². The maximum absolute atomic E-state index is 13.5. The number of rotatable bonds is 2. The first kappa shape index (κ1) is 12.7. The minimum absolute atomic E-state index is 0.113. The fourth-order valence-electron chi connectivity index (χ4n) is 3.01. The zero-order valence-electron chi connectivity index (χ0n) is 11.5. The summed E-state index contributed by atoms with van der Waals surface area (Å²) in [6.07, 6.45) is 0. The van der Waals surface area contributed by atoms with E-state index in [0.717, 1.165) is 32.7 Å². The van der Waals surface area contributed by atoms with Gasteiger partial charge in [-0.2, -0.15) is 4.98 Å². The molecule has 5 rings (SSSR count). The third-order valence-electron chi connectivity index (χ3n) is 4.27. The van der Waals surface area contributed by atoms with E-state index in [9.17, 15) is 4.39 Å². The van der Waals surface area contributed by atoms with Crippen molar-refractivity contribution in [3.63, 3.8) is 0 Å². The minimum atomic E-state index is -0.473. The van der Waals surface area contributed by atoms with Crippen LogP contribution in [0.25, 0.3) is 11.5 Å². The summed E-state index contributed by atoms with van der Waals surface area (Å²) in [4.78, 5) is 9.22. The number of nitrogens with two attached hydrogens (primary N) is 1. The van der Waals surface area contributed by atoms with Gasteiger partial charge >= 0.3 is 0 Å². The lowest BCUT2D eigenvalue weighted by Gasteiger charge is -2.46. The van der Waals surface area contributed by atoms with Gasteiger partial charge in [0.25, 0.3) is 5.89 Å². The van der Waals surface area contributed by atoms with Crippen LogP contribution in [0.5, 0.6) is 0 Å². The highest BCUT2D eigenvalue weighted by molar-refractivity contribution is 5.57. The topological polar surface area (TPSA) is 71.4 Å². The first-order valence-electron chi connectivity index (χ1n) is 7.06. The van der Waals surface area contributed by atoms with Crippen molar-refractivity contribution in [1.29, 1.82) is 0 Å². The number of nitrogen functional groups attached to an aromatic ring is 1. The van der Waals surface area contributed by atoms with Crippen LogP contribution in [-0.2, 0) is 0 Å². The number of anilines is 1. The number of aromatic nitrogens is 2. The molecule has 2 aromatic rings. The molecule has 0 aliphatic carbocycles. The zero-order chi connectivity index (χ0) is 14.4. The lowest BCUT2D eigenvalue weighted by Crippen LogP contribution is -2.57. The third kappa shape index (κ3) is 2.18. The number of halogens is 1. The van der Waals surface area contributed by atoms with Crippen molar-refractivity contribution in [2.75, 3.05) is 38.5 Å². The average Bonchev–Trinajstić information content (AvgIpc) is 3.01. The summed E-state index contributed by atoms with van der Waals surface area (Å²) < 4.78 is 18.8. The number of fused-ring (bicyclic) bond motifs is 3. The van der Waals surface area contributed by atoms with Crippen LogP contribution in [0, 0.1) is 5.82 Å². The Morgan fingerprint density at radius 1 is 1.24 bits per heavy atom. The molecule has 0 spiro atoms. The summed E-state index contributed by atoms with van der Waals surface area (Å²) >= 11 is 0. The average molecular weight is 289 g/mol. The second-order valence-corrected chi connectivity index (χ2v) is 5.55. The molecule has 3 saturated heterocycles. The predicted octanol–water partition coefficient (Wildman–Crippen LogP) is 1.13. The zero-order valence-corrected chi connectivity index (χ0v) is 11.5. The second-order valence-electron chi connectivity index (χ2n) is 5.55. The molecule has 0 saturated carbocycles. The molecular formula is C14H16FN5O. The predicted molar refractivity (Wildman–Crippen MR) is 74.9 cm³/mol. The van der Waals surface area contributed by atoms with Crippen LogP contribution in [0.15, 0.2) is 22.7 Å². The van der Waals surface area contributed by atoms with Crippen molar-refractivity contribution in [2.45, 2.75) is 6.04 Å². The van der Waals surface area contributed by atoms with Gasteiger partial charge in [-0.3, -0.25) is 9.80 Å². The minimum Gasteiger partial charge on any atom is -0.396 e. The molecule has 7 heteroatoms. The van der Waals surface area contributed by atoms with Crippen molar-refractivity contribution >= 4 is 5.69 Å². The number of hydrogen-bond donors (Lipinski definition) is 1. The molecule has 1 aromatic heterocycles. The maximum Gasteiger partial charge on any atom is 0.258 e. The molecule has 110 valence electrons. The van der Waals surface area contributed by atoms with Crippen LogP contribution in [-0.4, -0.2) is 52.7 Å². The SMILES string of the molecule is Nc1ccc(-c2nc(C3CN4CCN3CC4)no2)cc1F. The van der Waals surface area contributed by atoms with E-state index in [1.165, 1.54) is 12.1 Å². The molecule has 1 aromatic carbocycles. The molecule has 0 radical (unpaired) electrons. The van der Waals surface area contributed by atoms with Crippen LogP contribution in [0.2, 0.25) is 0 Å². The van der Waals surface area contributed by atoms with Crippen molar-refractivity contribution in [3.05, 3.63) is 29.8 Å². The van der Waals surface area contributed by atoms with Gasteiger partial charge in [-0.15, -0.1) is 0 Å². The Morgan fingerprint density at radius 3 is 2.71 bits per heavy atom. The molecule has 2 N–H and O–H groups in total. The molecule has 1 atom stereocenters. The highest BCUT2D eigenvalue weighted by Gasteiger charge is 2.35. The van der Waals surface area contributed by atoms with E-state index in [1.807, 2.05) is 0 Å². The van der Waals surface area contributed by atoms with Gasteiger partial charge in [-0.25, -0.2) is 4.39 Å². The Morgan fingerprint density at radius 2 is 2.05 bits per heavy atom. The van der Waals surface area contributed by atoms with Crippen molar-refractivity contribution in [3.8, 4) is 11.5 Å². The molecule has 0 amide bonds. The molecule has 3 aliphatic rings. The number of piperazine rings is 3. The summed E-state index contributed by atoms with van der Waals surface area (Å²) in [7, 11) is 0. The van der Waals surface area contributed by atoms with Crippen LogP contribution in [0.1, 0.15) is 11.9 Å². The van der Waals surface area contributed by atoms with Crippen molar-refractivity contribution in [1.82, 2.24) is 19.9 Å². The van der Waals surface area contributed by atoms with Gasteiger partial charge in [0, 0.05) is 38.3 Å². The van der Waals surface area contributed by atoms with Crippen LogP contribution in [0.3, 0.4) is 0 Å². The Bertz CT molecular complexity index is 665. The smallest absolute Gasteiger partial charge is 0.258 e. The summed E-state index contributed by atoms with van der Waals surface area (Å²) in [5.41, 5.74) is 6.14. The first-order chi connectivity index (χ1) is 10.2. The van der Waals surface area contributed by atoms with E-state index >= 15 is 0 Å². The second kappa shape index (κ2) is 4.78. The monoisotopic (exact) mass is 289 g/mol. The molecule has 6 nitrogen and oxygen atoms in total. The maximum atomic E-state index is 13.5. The fourth-order valence-corrected chi connectivity index (χ4v) is 3.01. The van der Waals surface area contributed by atoms with E-state index in [4.69, 9.17) is 10.3 Å². The van der Waals surface area contributed by atoms with E-state index in [2.05, 4.69) is 19.9 Å². The Balaban J connectivity index is 1.62. The van der Waals surface area contributed by atoms with E-state index in [1.54, 1.807) is 6.07 Å². The number of nitrogens with zero attached hydrogens (tertiary/aromatic N) is 4. The van der Waals surface area contributed by atoms with Gasteiger partial charge < -0.3 is 10.3 Å². The number of benzene rings is 1.